The Morgan fingerprint density at radius 1 is 0.763 bits per heavy atom. The molecule has 0 saturated carbocycles. The third-order valence-corrected chi connectivity index (χ3v) is 6.87. The van der Waals surface area contributed by atoms with Crippen molar-refractivity contribution in [2.24, 2.45) is 0 Å². The van der Waals surface area contributed by atoms with Crippen molar-refractivity contribution in [3.05, 3.63) is 103 Å². The number of nitrogens with one attached hydrogen (secondary N) is 3. The number of urea groups is 1. The Bertz CT molecular complexity index is 1740. The number of amides is 2. The average Bonchev–Trinajstić information content (AvgIpc) is 2.90. The van der Waals surface area contributed by atoms with E-state index in [9.17, 15) is 17.6 Å². The molecule has 0 fully saturated rings. The molecule has 0 aliphatic heterocycles. The molecule has 1 aromatic heterocycles. The molecule has 10 heteroatoms. The second kappa shape index (κ2) is 10.3. The van der Waals surface area contributed by atoms with Crippen LogP contribution >= 0.6 is 0 Å². The molecule has 190 valence electrons. The van der Waals surface area contributed by atoms with Crippen molar-refractivity contribution >= 4 is 49.7 Å². The molecule has 0 aliphatic carbocycles. The van der Waals surface area contributed by atoms with Crippen LogP contribution in [0.25, 0.3) is 22.0 Å². The third kappa shape index (κ3) is 5.76. The number of carbonyl (C=O) groups excluding carboxylic acids is 1. The molecule has 0 radical (unpaired) electrons. The van der Waals surface area contributed by atoms with E-state index >= 15 is 0 Å². The number of fused-ring (bicyclic) bond motifs is 1. The van der Waals surface area contributed by atoms with Gasteiger partial charge in [0.1, 0.15) is 18.0 Å². The SMILES string of the molecule is CS(=O)(=O)c1ccc(-c2ccc3c(Nc4cccc(NC(=O)Nc5ccc(F)cc5)c4)ncnc3c2)cc1. The lowest BCUT2D eigenvalue weighted by atomic mass is 10.0. The maximum Gasteiger partial charge on any atom is 0.323 e. The van der Waals surface area contributed by atoms with Gasteiger partial charge in [-0.1, -0.05) is 24.3 Å². The van der Waals surface area contributed by atoms with Gasteiger partial charge in [0.2, 0.25) is 0 Å². The van der Waals surface area contributed by atoms with Crippen LogP contribution in [0.2, 0.25) is 0 Å². The third-order valence-electron chi connectivity index (χ3n) is 5.74. The fourth-order valence-corrected chi connectivity index (χ4v) is 4.50. The van der Waals surface area contributed by atoms with Crippen LogP contribution in [0.1, 0.15) is 0 Å². The number of carbonyl (C=O) groups is 1. The van der Waals surface area contributed by atoms with E-state index in [4.69, 9.17) is 0 Å². The molecule has 0 spiro atoms. The molecule has 1 heterocycles. The fraction of sp³-hybridized carbons (Fsp3) is 0.0357. The van der Waals surface area contributed by atoms with Crippen LogP contribution in [0.5, 0.6) is 0 Å². The van der Waals surface area contributed by atoms with Crippen molar-refractivity contribution in [3.63, 3.8) is 0 Å². The Hall–Kier alpha value is -4.83. The molecule has 0 unspecified atom stereocenters. The second-order valence-electron chi connectivity index (χ2n) is 8.54. The van der Waals surface area contributed by atoms with Gasteiger partial charge in [0.15, 0.2) is 9.84 Å². The molecule has 5 aromatic rings. The van der Waals surface area contributed by atoms with Gasteiger partial charge in [-0.3, -0.25) is 0 Å². The van der Waals surface area contributed by atoms with Crippen LogP contribution in [0.3, 0.4) is 0 Å². The van der Waals surface area contributed by atoms with E-state index in [2.05, 4.69) is 25.9 Å². The van der Waals surface area contributed by atoms with Crippen LogP contribution in [-0.4, -0.2) is 30.7 Å². The minimum absolute atomic E-state index is 0.264. The van der Waals surface area contributed by atoms with Crippen molar-refractivity contribution in [2.75, 3.05) is 22.2 Å². The smallest absolute Gasteiger partial charge is 0.323 e. The van der Waals surface area contributed by atoms with Gasteiger partial charge in [-0.2, -0.15) is 0 Å². The van der Waals surface area contributed by atoms with Crippen LogP contribution in [0.4, 0.5) is 32.1 Å². The predicted octanol–water partition coefficient (Wildman–Crippen LogP) is 6.23. The molecular formula is C28H22FN5O3S. The minimum atomic E-state index is -3.27. The number of hydrogen-bond acceptors (Lipinski definition) is 6. The first-order chi connectivity index (χ1) is 18.2. The summed E-state index contributed by atoms with van der Waals surface area (Å²) in [5.41, 5.74) is 4.18. The highest BCUT2D eigenvalue weighted by molar-refractivity contribution is 7.90. The number of anilines is 4. The van der Waals surface area contributed by atoms with Gasteiger partial charge < -0.3 is 16.0 Å². The van der Waals surface area contributed by atoms with Crippen LogP contribution < -0.4 is 16.0 Å². The summed E-state index contributed by atoms with van der Waals surface area (Å²) in [6.45, 7) is 0. The topological polar surface area (TPSA) is 113 Å². The van der Waals surface area contributed by atoms with Crippen molar-refractivity contribution in [2.45, 2.75) is 4.90 Å². The Morgan fingerprint density at radius 3 is 2.18 bits per heavy atom. The average molecular weight is 528 g/mol. The van der Waals surface area contributed by atoms with E-state index in [1.54, 1.807) is 42.5 Å². The number of sulfone groups is 1. The zero-order chi connectivity index (χ0) is 26.7. The summed E-state index contributed by atoms with van der Waals surface area (Å²) < 4.78 is 36.6. The highest BCUT2D eigenvalue weighted by Crippen LogP contribution is 2.29. The molecule has 8 nitrogen and oxygen atoms in total. The van der Waals surface area contributed by atoms with Crippen molar-refractivity contribution in [3.8, 4) is 11.1 Å². The monoisotopic (exact) mass is 527 g/mol. The minimum Gasteiger partial charge on any atom is -0.340 e. The molecule has 4 aromatic carbocycles. The van der Waals surface area contributed by atoms with Gasteiger partial charge in [0.05, 0.1) is 10.4 Å². The van der Waals surface area contributed by atoms with Crippen LogP contribution in [-0.2, 0) is 9.84 Å². The molecule has 3 N–H and O–H groups in total. The summed E-state index contributed by atoms with van der Waals surface area (Å²) in [4.78, 5) is 21.4. The Labute approximate surface area is 218 Å². The molecule has 2 amide bonds. The molecule has 38 heavy (non-hydrogen) atoms. The molecule has 0 bridgehead atoms. The number of aromatic nitrogens is 2. The summed E-state index contributed by atoms with van der Waals surface area (Å²) in [6.07, 6.45) is 2.64. The lowest BCUT2D eigenvalue weighted by Crippen LogP contribution is -2.19. The summed E-state index contributed by atoms with van der Waals surface area (Å²) in [5.74, 6) is 0.202. The number of halogens is 1. The number of hydrogen-bond donors (Lipinski definition) is 3. The van der Waals surface area contributed by atoms with Crippen molar-refractivity contribution in [1.29, 1.82) is 0 Å². The van der Waals surface area contributed by atoms with Gasteiger partial charge in [0.25, 0.3) is 0 Å². The summed E-state index contributed by atoms with van der Waals surface area (Å²) in [6, 6.07) is 24.6. The maximum atomic E-state index is 13.1. The number of nitrogens with zero attached hydrogens (tertiary/aromatic N) is 2. The van der Waals surface area contributed by atoms with Gasteiger partial charge in [-0.05, 0) is 77.9 Å². The first-order valence-corrected chi connectivity index (χ1v) is 13.4. The first kappa shape index (κ1) is 24.8. The number of benzene rings is 4. The fourth-order valence-electron chi connectivity index (χ4n) is 3.87. The van der Waals surface area contributed by atoms with Gasteiger partial charge in [0, 0.05) is 28.7 Å². The van der Waals surface area contributed by atoms with Crippen molar-refractivity contribution in [1.82, 2.24) is 9.97 Å². The predicted molar refractivity (Wildman–Crippen MR) is 147 cm³/mol. The maximum absolute atomic E-state index is 13.1. The highest BCUT2D eigenvalue weighted by Gasteiger charge is 2.10. The van der Waals surface area contributed by atoms with Crippen LogP contribution in [0.15, 0.2) is 102 Å². The van der Waals surface area contributed by atoms with Gasteiger partial charge >= 0.3 is 6.03 Å². The normalized spacial score (nSPS) is 11.2. The summed E-state index contributed by atoms with van der Waals surface area (Å²) in [5, 5.41) is 9.46. The number of rotatable bonds is 6. The first-order valence-electron chi connectivity index (χ1n) is 11.5. The Kier molecular flexibility index (Phi) is 6.71. The van der Waals surface area contributed by atoms with E-state index in [-0.39, 0.29) is 10.7 Å². The second-order valence-corrected chi connectivity index (χ2v) is 10.6. The lowest BCUT2D eigenvalue weighted by molar-refractivity contribution is 0.262. The largest absolute Gasteiger partial charge is 0.340 e. The molecule has 0 atom stereocenters. The molecular weight excluding hydrogens is 505 g/mol. The van der Waals surface area contributed by atoms with E-state index in [1.165, 1.54) is 36.8 Å². The Balaban J connectivity index is 1.33. The lowest BCUT2D eigenvalue weighted by Gasteiger charge is -2.12. The van der Waals surface area contributed by atoms with Crippen LogP contribution in [0, 0.1) is 5.82 Å². The van der Waals surface area contributed by atoms with E-state index in [1.807, 2.05) is 24.3 Å². The zero-order valence-corrected chi connectivity index (χ0v) is 21.0. The van der Waals surface area contributed by atoms with Gasteiger partial charge in [-0.15, -0.1) is 0 Å². The highest BCUT2D eigenvalue weighted by atomic mass is 32.2. The molecule has 5 rings (SSSR count). The van der Waals surface area contributed by atoms with Gasteiger partial charge in [-0.25, -0.2) is 27.6 Å². The quantitative estimate of drug-likeness (QED) is 0.241. The Morgan fingerprint density at radius 2 is 1.45 bits per heavy atom. The van der Waals surface area contributed by atoms with E-state index < -0.39 is 15.9 Å². The van der Waals surface area contributed by atoms with Crippen molar-refractivity contribution < 1.29 is 17.6 Å². The molecule has 0 aliphatic rings. The van der Waals surface area contributed by atoms with E-state index in [0.717, 1.165) is 16.5 Å². The van der Waals surface area contributed by atoms with E-state index in [0.29, 0.717) is 28.4 Å². The summed E-state index contributed by atoms with van der Waals surface area (Å²) >= 11 is 0. The standard InChI is InChI=1S/C28H22FN5O3S/c1-38(36,37)24-12-5-18(6-13-24)19-7-14-25-26(15-19)30-17-31-27(25)32-22-3-2-4-23(16-22)34-28(35)33-21-10-8-20(29)9-11-21/h2-17H,1H3,(H,30,31,32)(H2,33,34,35). The molecule has 0 saturated heterocycles. The zero-order valence-electron chi connectivity index (χ0n) is 20.1. The summed E-state index contributed by atoms with van der Waals surface area (Å²) in [7, 11) is -3.27.